The Bertz CT molecular complexity index is 1080. The summed E-state index contributed by atoms with van der Waals surface area (Å²) in [6.45, 7) is 2.38. The number of aryl methyl sites for hydroxylation is 1. The van der Waals surface area contributed by atoms with E-state index in [0.29, 0.717) is 30.7 Å². The zero-order chi connectivity index (χ0) is 24.7. The fourth-order valence-electron chi connectivity index (χ4n) is 3.77. The fraction of sp³-hybridized carbons (Fsp3) is 0.417. The van der Waals surface area contributed by atoms with Gasteiger partial charge in [-0.2, -0.15) is 16.1 Å². The molecule has 1 fully saturated rings. The van der Waals surface area contributed by atoms with E-state index in [2.05, 4.69) is 10.6 Å². The molecule has 1 aliphatic heterocycles. The summed E-state index contributed by atoms with van der Waals surface area (Å²) in [6.07, 6.45) is 3.12. The largest absolute Gasteiger partial charge is 0.344 e. The number of nitrogens with one attached hydrogen (secondary N) is 2. The molecule has 0 aliphatic carbocycles. The molecule has 1 saturated heterocycles. The lowest BCUT2D eigenvalue weighted by Gasteiger charge is -2.31. The van der Waals surface area contributed by atoms with Crippen LogP contribution in [0.5, 0.6) is 0 Å². The van der Waals surface area contributed by atoms with Gasteiger partial charge >= 0.3 is 0 Å². The third-order valence-corrected chi connectivity index (χ3v) is 8.40. The average molecular weight is 508 g/mol. The molecule has 0 spiro atoms. The maximum atomic E-state index is 13.1. The number of piperidine rings is 1. The highest BCUT2D eigenvalue weighted by Crippen LogP contribution is 2.24. The molecule has 7 nitrogen and oxygen atoms in total. The molecule has 0 radical (unpaired) electrons. The Labute approximate surface area is 204 Å². The van der Waals surface area contributed by atoms with Crippen molar-refractivity contribution in [2.24, 2.45) is 5.92 Å². The van der Waals surface area contributed by atoms with Crippen LogP contribution in [0.1, 0.15) is 24.8 Å². The number of anilines is 1. The molecule has 34 heavy (non-hydrogen) atoms. The van der Waals surface area contributed by atoms with Crippen molar-refractivity contribution in [3.8, 4) is 0 Å². The number of sulfonamides is 1. The van der Waals surface area contributed by atoms with E-state index in [4.69, 9.17) is 0 Å². The van der Waals surface area contributed by atoms with Crippen LogP contribution in [0.4, 0.5) is 10.1 Å². The minimum Gasteiger partial charge on any atom is -0.344 e. The number of nitrogens with zero attached hydrogens (tertiary/aromatic N) is 1. The number of rotatable bonds is 9. The highest BCUT2D eigenvalue weighted by Gasteiger charge is 2.33. The van der Waals surface area contributed by atoms with Crippen LogP contribution in [-0.4, -0.2) is 55.7 Å². The number of benzene rings is 2. The van der Waals surface area contributed by atoms with Crippen LogP contribution in [-0.2, 0) is 19.6 Å². The molecule has 1 heterocycles. The van der Waals surface area contributed by atoms with Crippen LogP contribution in [0.2, 0.25) is 0 Å². The third kappa shape index (κ3) is 6.80. The molecule has 2 N–H and O–H groups in total. The summed E-state index contributed by atoms with van der Waals surface area (Å²) in [5.74, 6) is -0.725. The summed E-state index contributed by atoms with van der Waals surface area (Å²) in [5, 5.41) is 5.56. The van der Waals surface area contributed by atoms with E-state index in [0.717, 1.165) is 5.56 Å². The average Bonchev–Trinajstić information content (AvgIpc) is 2.83. The Balaban J connectivity index is 1.59. The number of carbonyl (C=O) groups excluding carboxylic acids is 2. The summed E-state index contributed by atoms with van der Waals surface area (Å²) in [5.41, 5.74) is 1.43. The van der Waals surface area contributed by atoms with E-state index in [1.165, 1.54) is 28.6 Å². The summed E-state index contributed by atoms with van der Waals surface area (Å²) < 4.78 is 40.3. The first-order chi connectivity index (χ1) is 16.2. The van der Waals surface area contributed by atoms with Gasteiger partial charge in [-0.3, -0.25) is 9.59 Å². The standard InChI is InChI=1S/C24H30FN3O4S2/c1-17-3-9-21(10-4-17)34(31,32)28-14-11-18(12-15-28)23(29)27-22(13-16-33-2)24(30)26-20-7-5-19(25)6-8-20/h3-10,18,22H,11-16H2,1-2H3,(H,26,30)(H,27,29). The van der Waals surface area contributed by atoms with Gasteiger partial charge < -0.3 is 10.6 Å². The quantitative estimate of drug-likeness (QED) is 0.542. The lowest BCUT2D eigenvalue weighted by Crippen LogP contribution is -2.49. The van der Waals surface area contributed by atoms with Gasteiger partial charge in [0.2, 0.25) is 21.8 Å². The van der Waals surface area contributed by atoms with Crippen molar-refractivity contribution in [1.82, 2.24) is 9.62 Å². The Morgan fingerprint density at radius 2 is 1.71 bits per heavy atom. The summed E-state index contributed by atoms with van der Waals surface area (Å²) >= 11 is 1.57. The second kappa shape index (κ2) is 11.8. The van der Waals surface area contributed by atoms with Gasteiger partial charge in [-0.25, -0.2) is 12.8 Å². The van der Waals surface area contributed by atoms with Gasteiger partial charge in [0.15, 0.2) is 0 Å². The lowest BCUT2D eigenvalue weighted by molar-refractivity contribution is -0.130. The monoisotopic (exact) mass is 507 g/mol. The maximum absolute atomic E-state index is 13.1. The molecule has 10 heteroatoms. The van der Waals surface area contributed by atoms with E-state index >= 15 is 0 Å². The first-order valence-electron chi connectivity index (χ1n) is 11.1. The first kappa shape index (κ1) is 26.2. The van der Waals surface area contributed by atoms with Crippen LogP contribution in [0.3, 0.4) is 0 Å². The number of hydrogen-bond acceptors (Lipinski definition) is 5. The van der Waals surface area contributed by atoms with Crippen LogP contribution in [0, 0.1) is 18.7 Å². The van der Waals surface area contributed by atoms with Crippen molar-refractivity contribution in [2.75, 3.05) is 30.4 Å². The van der Waals surface area contributed by atoms with Gasteiger partial charge in [0.1, 0.15) is 11.9 Å². The van der Waals surface area contributed by atoms with Gasteiger partial charge in [-0.15, -0.1) is 0 Å². The van der Waals surface area contributed by atoms with E-state index in [1.54, 1.807) is 36.0 Å². The van der Waals surface area contributed by atoms with Gasteiger partial charge in [0.25, 0.3) is 0 Å². The molecule has 1 unspecified atom stereocenters. The summed E-state index contributed by atoms with van der Waals surface area (Å²) in [7, 11) is -3.61. The minimum atomic E-state index is -3.61. The van der Waals surface area contributed by atoms with E-state index in [1.807, 2.05) is 13.2 Å². The Morgan fingerprint density at radius 1 is 1.09 bits per heavy atom. The molecule has 2 amide bonds. The van der Waals surface area contributed by atoms with Gasteiger partial charge in [-0.1, -0.05) is 17.7 Å². The van der Waals surface area contributed by atoms with E-state index in [-0.39, 0.29) is 35.7 Å². The zero-order valence-corrected chi connectivity index (χ0v) is 20.9. The van der Waals surface area contributed by atoms with Crippen LogP contribution in [0.15, 0.2) is 53.4 Å². The van der Waals surface area contributed by atoms with Crippen LogP contribution >= 0.6 is 11.8 Å². The molecular formula is C24H30FN3O4S2. The molecule has 184 valence electrons. The normalized spacial score (nSPS) is 16.1. The molecule has 2 aromatic carbocycles. The number of thioether (sulfide) groups is 1. The van der Waals surface area contributed by atoms with Crippen molar-refractivity contribution in [3.05, 3.63) is 59.9 Å². The maximum Gasteiger partial charge on any atom is 0.246 e. The number of halogens is 1. The summed E-state index contributed by atoms with van der Waals surface area (Å²) in [6, 6.07) is 11.4. The van der Waals surface area contributed by atoms with Gasteiger partial charge in [0, 0.05) is 24.7 Å². The SMILES string of the molecule is CSCCC(NC(=O)C1CCN(S(=O)(=O)c2ccc(C)cc2)CC1)C(=O)Nc1ccc(F)cc1. The number of amides is 2. The van der Waals surface area contributed by atoms with Crippen molar-refractivity contribution < 1.29 is 22.4 Å². The predicted molar refractivity (Wildman–Crippen MR) is 133 cm³/mol. The Kier molecular flexibility index (Phi) is 9.10. The zero-order valence-electron chi connectivity index (χ0n) is 19.3. The highest BCUT2D eigenvalue weighted by atomic mass is 32.2. The molecule has 1 atom stereocenters. The molecule has 3 rings (SSSR count). The smallest absolute Gasteiger partial charge is 0.246 e. The van der Waals surface area contributed by atoms with Gasteiger partial charge in [0.05, 0.1) is 4.90 Å². The molecule has 0 saturated carbocycles. The van der Waals surface area contributed by atoms with Crippen molar-refractivity contribution in [3.63, 3.8) is 0 Å². The Hall–Kier alpha value is -2.43. The minimum absolute atomic E-state index is 0.242. The molecule has 2 aromatic rings. The third-order valence-electron chi connectivity index (χ3n) is 5.84. The second-order valence-electron chi connectivity index (χ2n) is 8.33. The van der Waals surface area contributed by atoms with E-state index < -0.39 is 21.9 Å². The van der Waals surface area contributed by atoms with Crippen molar-refractivity contribution >= 4 is 39.3 Å². The number of hydrogen-bond donors (Lipinski definition) is 2. The number of carbonyl (C=O) groups is 2. The Morgan fingerprint density at radius 3 is 2.29 bits per heavy atom. The molecule has 1 aliphatic rings. The van der Waals surface area contributed by atoms with E-state index in [9.17, 15) is 22.4 Å². The topological polar surface area (TPSA) is 95.6 Å². The second-order valence-corrected chi connectivity index (χ2v) is 11.3. The van der Waals surface area contributed by atoms with Gasteiger partial charge in [-0.05, 0) is 74.6 Å². The first-order valence-corrected chi connectivity index (χ1v) is 14.0. The van der Waals surface area contributed by atoms with Crippen molar-refractivity contribution in [2.45, 2.75) is 37.1 Å². The fourth-order valence-corrected chi connectivity index (χ4v) is 5.72. The molecular weight excluding hydrogens is 477 g/mol. The predicted octanol–water partition coefficient (Wildman–Crippen LogP) is 3.41. The van der Waals surface area contributed by atoms with Crippen LogP contribution in [0.25, 0.3) is 0 Å². The lowest BCUT2D eigenvalue weighted by atomic mass is 9.96. The highest BCUT2D eigenvalue weighted by molar-refractivity contribution is 7.98. The van der Waals surface area contributed by atoms with Crippen LogP contribution < -0.4 is 10.6 Å². The van der Waals surface area contributed by atoms with Crippen molar-refractivity contribution in [1.29, 1.82) is 0 Å². The molecule has 0 bridgehead atoms. The molecule has 0 aromatic heterocycles. The summed E-state index contributed by atoms with van der Waals surface area (Å²) in [4.78, 5) is 25.9.